The SMILES string of the molecule is CC1(C)Cc2cc(NC(=O)c3ccc[nH]c3=O)c(N3CCOCC3)cc2O1. The van der Waals surface area contributed by atoms with E-state index in [0.29, 0.717) is 18.9 Å². The fourth-order valence-corrected chi connectivity index (χ4v) is 3.60. The molecular formula is C20H23N3O4. The van der Waals surface area contributed by atoms with Crippen molar-refractivity contribution in [2.75, 3.05) is 36.5 Å². The highest BCUT2D eigenvalue weighted by Gasteiger charge is 2.32. The summed E-state index contributed by atoms with van der Waals surface area (Å²) in [5.41, 5.74) is 2.02. The molecule has 0 atom stereocenters. The lowest BCUT2D eigenvalue weighted by Gasteiger charge is -2.31. The number of H-pyrrole nitrogens is 1. The average molecular weight is 369 g/mol. The first-order valence-electron chi connectivity index (χ1n) is 9.11. The molecule has 2 N–H and O–H groups in total. The van der Waals surface area contributed by atoms with Crippen LogP contribution in [-0.4, -0.2) is 42.8 Å². The quantitative estimate of drug-likeness (QED) is 0.866. The molecule has 0 bridgehead atoms. The van der Waals surface area contributed by atoms with E-state index in [1.807, 2.05) is 26.0 Å². The fourth-order valence-electron chi connectivity index (χ4n) is 3.60. The van der Waals surface area contributed by atoms with Crippen LogP contribution in [0.2, 0.25) is 0 Å². The van der Waals surface area contributed by atoms with Crippen LogP contribution >= 0.6 is 0 Å². The largest absolute Gasteiger partial charge is 0.487 e. The molecule has 7 heteroatoms. The summed E-state index contributed by atoms with van der Waals surface area (Å²) in [5.74, 6) is 0.418. The Kier molecular flexibility index (Phi) is 4.39. The van der Waals surface area contributed by atoms with Crippen molar-refractivity contribution in [1.29, 1.82) is 0 Å². The zero-order valence-electron chi connectivity index (χ0n) is 15.5. The monoisotopic (exact) mass is 369 g/mol. The van der Waals surface area contributed by atoms with Crippen molar-refractivity contribution >= 4 is 17.3 Å². The van der Waals surface area contributed by atoms with Crippen LogP contribution in [0.4, 0.5) is 11.4 Å². The summed E-state index contributed by atoms with van der Waals surface area (Å²) in [7, 11) is 0. The standard InChI is InChI=1S/C20H23N3O4/c1-20(2)12-13-10-15(22-19(25)14-4-3-5-21-18(14)24)16(11-17(13)27-20)23-6-8-26-9-7-23/h3-5,10-11H,6-9,12H2,1-2H3,(H,21,24)(H,22,25). The molecule has 0 radical (unpaired) electrons. The van der Waals surface area contributed by atoms with Gasteiger partial charge in [0.25, 0.3) is 11.5 Å². The fraction of sp³-hybridized carbons (Fsp3) is 0.400. The summed E-state index contributed by atoms with van der Waals surface area (Å²) in [6, 6.07) is 7.10. The van der Waals surface area contributed by atoms with Gasteiger partial charge in [0.1, 0.15) is 16.9 Å². The second kappa shape index (κ2) is 6.74. The van der Waals surface area contributed by atoms with Crippen LogP contribution in [0.1, 0.15) is 29.8 Å². The van der Waals surface area contributed by atoms with E-state index in [1.54, 1.807) is 6.07 Å². The summed E-state index contributed by atoms with van der Waals surface area (Å²) in [5, 5.41) is 2.93. The summed E-state index contributed by atoms with van der Waals surface area (Å²) in [4.78, 5) is 29.3. The van der Waals surface area contributed by atoms with Crippen LogP contribution < -0.4 is 20.5 Å². The predicted octanol–water partition coefficient (Wildman–Crippen LogP) is 2.18. The third kappa shape index (κ3) is 3.55. The van der Waals surface area contributed by atoms with E-state index in [0.717, 1.165) is 36.5 Å². The zero-order valence-corrected chi connectivity index (χ0v) is 15.5. The molecule has 1 aromatic heterocycles. The highest BCUT2D eigenvalue weighted by molar-refractivity contribution is 6.06. The molecule has 1 fully saturated rings. The Morgan fingerprint density at radius 1 is 1.26 bits per heavy atom. The number of aromatic amines is 1. The second-order valence-electron chi connectivity index (χ2n) is 7.48. The first kappa shape index (κ1) is 17.6. The first-order chi connectivity index (χ1) is 12.9. The number of carbonyl (C=O) groups is 1. The number of benzene rings is 1. The van der Waals surface area contributed by atoms with Crippen LogP contribution in [0.5, 0.6) is 5.75 Å². The number of aromatic nitrogens is 1. The number of rotatable bonds is 3. The van der Waals surface area contributed by atoms with Crippen molar-refractivity contribution in [3.05, 3.63) is 51.9 Å². The minimum atomic E-state index is -0.426. The Morgan fingerprint density at radius 3 is 2.78 bits per heavy atom. The molecule has 1 amide bonds. The Hall–Kier alpha value is -2.80. The molecule has 3 heterocycles. The Bertz CT molecular complexity index is 929. The molecule has 1 aromatic carbocycles. The van der Waals surface area contributed by atoms with Gasteiger partial charge < -0.3 is 24.7 Å². The van der Waals surface area contributed by atoms with E-state index in [-0.39, 0.29) is 11.2 Å². The molecule has 4 rings (SSSR count). The zero-order chi connectivity index (χ0) is 19.0. The maximum atomic E-state index is 12.7. The van der Waals surface area contributed by atoms with Gasteiger partial charge >= 0.3 is 0 Å². The normalized spacial score (nSPS) is 17.9. The molecule has 142 valence electrons. The Balaban J connectivity index is 1.71. The molecule has 2 aliphatic heterocycles. The van der Waals surface area contributed by atoms with E-state index in [1.165, 1.54) is 12.3 Å². The summed E-state index contributed by atoms with van der Waals surface area (Å²) >= 11 is 0. The minimum absolute atomic E-state index is 0.0857. The van der Waals surface area contributed by atoms with Crippen LogP contribution in [0, 0.1) is 0 Å². The lowest BCUT2D eigenvalue weighted by atomic mass is 10.0. The van der Waals surface area contributed by atoms with Gasteiger partial charge in [-0.05, 0) is 32.0 Å². The number of nitrogens with one attached hydrogen (secondary N) is 2. The van der Waals surface area contributed by atoms with Gasteiger partial charge in [0.15, 0.2) is 0 Å². The van der Waals surface area contributed by atoms with Gasteiger partial charge in [-0.2, -0.15) is 0 Å². The summed E-state index contributed by atoms with van der Waals surface area (Å²) < 4.78 is 11.5. The third-order valence-electron chi connectivity index (χ3n) is 4.84. The van der Waals surface area contributed by atoms with Gasteiger partial charge in [-0.3, -0.25) is 9.59 Å². The van der Waals surface area contributed by atoms with Crippen LogP contribution in [0.25, 0.3) is 0 Å². The first-order valence-corrected chi connectivity index (χ1v) is 9.11. The Labute approximate surface area is 157 Å². The lowest BCUT2D eigenvalue weighted by Crippen LogP contribution is -2.37. The summed E-state index contributed by atoms with van der Waals surface area (Å²) in [6.45, 7) is 6.82. The number of ether oxygens (including phenoxy) is 2. The maximum Gasteiger partial charge on any atom is 0.261 e. The molecule has 2 aliphatic rings. The van der Waals surface area contributed by atoms with Gasteiger partial charge in [-0.1, -0.05) is 0 Å². The van der Waals surface area contributed by atoms with Crippen LogP contribution in [-0.2, 0) is 11.2 Å². The topological polar surface area (TPSA) is 83.7 Å². The van der Waals surface area contributed by atoms with Crippen molar-refractivity contribution < 1.29 is 14.3 Å². The van der Waals surface area contributed by atoms with Crippen molar-refractivity contribution in [3.8, 4) is 5.75 Å². The van der Waals surface area contributed by atoms with E-state index in [4.69, 9.17) is 9.47 Å². The van der Waals surface area contributed by atoms with E-state index >= 15 is 0 Å². The molecule has 1 saturated heterocycles. The molecule has 27 heavy (non-hydrogen) atoms. The van der Waals surface area contributed by atoms with Gasteiger partial charge in [0, 0.05) is 37.3 Å². The molecule has 2 aromatic rings. The number of hydrogen-bond acceptors (Lipinski definition) is 5. The highest BCUT2D eigenvalue weighted by atomic mass is 16.5. The van der Waals surface area contributed by atoms with E-state index in [9.17, 15) is 9.59 Å². The number of morpholine rings is 1. The van der Waals surface area contributed by atoms with Crippen molar-refractivity contribution in [1.82, 2.24) is 4.98 Å². The molecule has 0 aliphatic carbocycles. The molecule has 0 unspecified atom stereocenters. The number of carbonyl (C=O) groups excluding carboxylic acids is 1. The number of pyridine rings is 1. The van der Waals surface area contributed by atoms with Crippen molar-refractivity contribution in [3.63, 3.8) is 0 Å². The molecule has 0 spiro atoms. The number of hydrogen-bond donors (Lipinski definition) is 2. The van der Waals surface area contributed by atoms with Gasteiger partial charge in [-0.15, -0.1) is 0 Å². The van der Waals surface area contributed by atoms with E-state index < -0.39 is 11.5 Å². The number of nitrogens with zero attached hydrogens (tertiary/aromatic N) is 1. The molecule has 0 saturated carbocycles. The van der Waals surface area contributed by atoms with E-state index in [2.05, 4.69) is 15.2 Å². The highest BCUT2D eigenvalue weighted by Crippen LogP contribution is 2.41. The Morgan fingerprint density at radius 2 is 2.04 bits per heavy atom. The van der Waals surface area contributed by atoms with Crippen LogP contribution in [0.15, 0.2) is 35.3 Å². The smallest absolute Gasteiger partial charge is 0.261 e. The number of fused-ring (bicyclic) bond motifs is 1. The number of anilines is 2. The van der Waals surface area contributed by atoms with Gasteiger partial charge in [-0.25, -0.2) is 0 Å². The lowest BCUT2D eigenvalue weighted by molar-refractivity contribution is 0.102. The maximum absolute atomic E-state index is 12.7. The van der Waals surface area contributed by atoms with Gasteiger partial charge in [0.05, 0.1) is 24.6 Å². The average Bonchev–Trinajstić information content (AvgIpc) is 2.95. The summed E-state index contributed by atoms with van der Waals surface area (Å²) in [6.07, 6.45) is 2.27. The second-order valence-corrected chi connectivity index (χ2v) is 7.48. The third-order valence-corrected chi connectivity index (χ3v) is 4.84. The predicted molar refractivity (Wildman–Crippen MR) is 103 cm³/mol. The number of amides is 1. The van der Waals surface area contributed by atoms with Gasteiger partial charge in [0.2, 0.25) is 0 Å². The van der Waals surface area contributed by atoms with Crippen molar-refractivity contribution in [2.24, 2.45) is 0 Å². The molecular weight excluding hydrogens is 346 g/mol. The van der Waals surface area contributed by atoms with Crippen molar-refractivity contribution in [2.45, 2.75) is 25.9 Å². The van der Waals surface area contributed by atoms with Crippen LogP contribution in [0.3, 0.4) is 0 Å². The minimum Gasteiger partial charge on any atom is -0.487 e. The molecule has 7 nitrogen and oxygen atoms in total.